The van der Waals surface area contributed by atoms with E-state index in [0.717, 1.165) is 37.9 Å². The topological polar surface area (TPSA) is 64.6 Å². The van der Waals surface area contributed by atoms with Crippen molar-refractivity contribution in [2.24, 2.45) is 11.8 Å². The van der Waals surface area contributed by atoms with Gasteiger partial charge in [0.05, 0.1) is 19.6 Å². The van der Waals surface area contributed by atoms with Crippen molar-refractivity contribution in [1.29, 1.82) is 0 Å². The van der Waals surface area contributed by atoms with Gasteiger partial charge >= 0.3 is 5.97 Å². The SMILES string of the molecule is CCc1ccc(OCCCC(=O)NCC2CCCCC2C(=O)OC)cc1. The molecule has 1 aromatic carbocycles. The molecule has 2 rings (SSSR count). The smallest absolute Gasteiger partial charge is 0.309 e. The van der Waals surface area contributed by atoms with E-state index in [-0.39, 0.29) is 23.7 Å². The van der Waals surface area contributed by atoms with Crippen molar-refractivity contribution in [2.45, 2.75) is 51.9 Å². The third-order valence-corrected chi connectivity index (χ3v) is 5.12. The van der Waals surface area contributed by atoms with Gasteiger partial charge in [0.15, 0.2) is 0 Å². The molecule has 1 saturated carbocycles. The predicted molar refractivity (Wildman–Crippen MR) is 101 cm³/mol. The number of aryl methyl sites for hydroxylation is 1. The quantitative estimate of drug-likeness (QED) is 0.540. The van der Waals surface area contributed by atoms with Crippen molar-refractivity contribution in [3.63, 3.8) is 0 Å². The molecule has 26 heavy (non-hydrogen) atoms. The number of rotatable bonds is 9. The third kappa shape index (κ3) is 6.36. The zero-order chi connectivity index (χ0) is 18.8. The van der Waals surface area contributed by atoms with E-state index in [0.29, 0.717) is 26.0 Å². The molecule has 5 nitrogen and oxygen atoms in total. The summed E-state index contributed by atoms with van der Waals surface area (Å²) in [6, 6.07) is 8.05. The summed E-state index contributed by atoms with van der Waals surface area (Å²) in [5, 5.41) is 2.97. The van der Waals surface area contributed by atoms with Gasteiger partial charge in [-0.15, -0.1) is 0 Å². The second-order valence-electron chi connectivity index (χ2n) is 6.93. The second kappa shape index (κ2) is 10.8. The second-order valence-corrected chi connectivity index (χ2v) is 6.93. The Bertz CT molecular complexity index is 570. The molecule has 2 unspecified atom stereocenters. The van der Waals surface area contributed by atoms with Crippen LogP contribution < -0.4 is 10.1 Å². The average Bonchev–Trinajstić information content (AvgIpc) is 2.69. The number of carbonyl (C=O) groups excluding carboxylic acids is 2. The molecule has 0 aromatic heterocycles. The van der Waals surface area contributed by atoms with Crippen LogP contribution in [-0.4, -0.2) is 32.1 Å². The summed E-state index contributed by atoms with van der Waals surface area (Å²) in [6.45, 7) is 3.19. The minimum absolute atomic E-state index is 0.0177. The first-order valence-electron chi connectivity index (χ1n) is 9.70. The number of benzene rings is 1. The van der Waals surface area contributed by atoms with Gasteiger partial charge in [-0.05, 0) is 49.3 Å². The van der Waals surface area contributed by atoms with Crippen LogP contribution in [0.2, 0.25) is 0 Å². The molecule has 144 valence electrons. The Labute approximate surface area is 156 Å². The molecule has 0 radical (unpaired) electrons. The Morgan fingerprint density at radius 1 is 1.15 bits per heavy atom. The van der Waals surface area contributed by atoms with Crippen LogP contribution in [-0.2, 0) is 20.7 Å². The Morgan fingerprint density at radius 2 is 1.88 bits per heavy atom. The van der Waals surface area contributed by atoms with Gasteiger partial charge in [-0.1, -0.05) is 31.9 Å². The van der Waals surface area contributed by atoms with Crippen molar-refractivity contribution in [3.8, 4) is 5.75 Å². The maximum absolute atomic E-state index is 12.0. The van der Waals surface area contributed by atoms with Crippen LogP contribution in [0.15, 0.2) is 24.3 Å². The minimum atomic E-state index is -0.147. The van der Waals surface area contributed by atoms with E-state index >= 15 is 0 Å². The summed E-state index contributed by atoms with van der Waals surface area (Å²) in [7, 11) is 1.43. The van der Waals surface area contributed by atoms with E-state index in [4.69, 9.17) is 9.47 Å². The van der Waals surface area contributed by atoms with Gasteiger partial charge in [0.2, 0.25) is 5.91 Å². The molecule has 0 saturated heterocycles. The first-order valence-corrected chi connectivity index (χ1v) is 9.70. The van der Waals surface area contributed by atoms with E-state index in [9.17, 15) is 9.59 Å². The monoisotopic (exact) mass is 361 g/mol. The summed E-state index contributed by atoms with van der Waals surface area (Å²) < 4.78 is 10.6. The molecule has 0 bridgehead atoms. The van der Waals surface area contributed by atoms with Gasteiger partial charge in [-0.2, -0.15) is 0 Å². The van der Waals surface area contributed by atoms with Crippen LogP contribution in [0.3, 0.4) is 0 Å². The van der Waals surface area contributed by atoms with Crippen LogP contribution in [0, 0.1) is 11.8 Å². The Balaban J connectivity index is 1.64. The number of nitrogens with one attached hydrogen (secondary N) is 1. The predicted octanol–water partition coefficient (Wildman–Crippen LogP) is 3.50. The third-order valence-electron chi connectivity index (χ3n) is 5.12. The summed E-state index contributed by atoms with van der Waals surface area (Å²) in [6.07, 6.45) is 6.11. The lowest BCUT2D eigenvalue weighted by Gasteiger charge is -2.29. The maximum atomic E-state index is 12.0. The van der Waals surface area contributed by atoms with Crippen LogP contribution in [0.25, 0.3) is 0 Å². The van der Waals surface area contributed by atoms with E-state index in [1.807, 2.05) is 12.1 Å². The number of esters is 1. The highest BCUT2D eigenvalue weighted by molar-refractivity contribution is 5.76. The highest BCUT2D eigenvalue weighted by atomic mass is 16.5. The van der Waals surface area contributed by atoms with E-state index in [2.05, 4.69) is 24.4 Å². The van der Waals surface area contributed by atoms with Gasteiger partial charge in [0.1, 0.15) is 5.75 Å². The van der Waals surface area contributed by atoms with Crippen molar-refractivity contribution >= 4 is 11.9 Å². The Kier molecular flexibility index (Phi) is 8.45. The fourth-order valence-corrected chi connectivity index (χ4v) is 3.49. The molecular weight excluding hydrogens is 330 g/mol. The lowest BCUT2D eigenvalue weighted by atomic mass is 9.79. The van der Waals surface area contributed by atoms with Crippen LogP contribution in [0.4, 0.5) is 0 Å². The number of hydrogen-bond donors (Lipinski definition) is 1. The van der Waals surface area contributed by atoms with Gasteiger partial charge in [0, 0.05) is 13.0 Å². The minimum Gasteiger partial charge on any atom is -0.494 e. The summed E-state index contributed by atoms with van der Waals surface area (Å²) >= 11 is 0. The average molecular weight is 361 g/mol. The fraction of sp³-hybridized carbons (Fsp3) is 0.619. The van der Waals surface area contributed by atoms with E-state index in [1.165, 1.54) is 12.7 Å². The van der Waals surface area contributed by atoms with E-state index in [1.54, 1.807) is 0 Å². The first-order chi connectivity index (χ1) is 12.6. The van der Waals surface area contributed by atoms with Crippen LogP contribution >= 0.6 is 0 Å². The number of methoxy groups -OCH3 is 1. The van der Waals surface area contributed by atoms with Crippen molar-refractivity contribution in [3.05, 3.63) is 29.8 Å². The molecule has 2 atom stereocenters. The van der Waals surface area contributed by atoms with Crippen molar-refractivity contribution in [2.75, 3.05) is 20.3 Å². The molecule has 1 aromatic rings. The summed E-state index contributed by atoms with van der Waals surface area (Å²) in [5.74, 6) is 0.818. The van der Waals surface area contributed by atoms with Gasteiger partial charge < -0.3 is 14.8 Å². The van der Waals surface area contributed by atoms with Gasteiger partial charge in [-0.25, -0.2) is 0 Å². The van der Waals surface area contributed by atoms with Gasteiger partial charge in [-0.3, -0.25) is 9.59 Å². The van der Waals surface area contributed by atoms with Crippen molar-refractivity contribution < 1.29 is 19.1 Å². The number of amides is 1. The Morgan fingerprint density at radius 3 is 2.58 bits per heavy atom. The zero-order valence-corrected chi connectivity index (χ0v) is 16.0. The molecule has 0 spiro atoms. The number of carbonyl (C=O) groups is 2. The molecule has 1 amide bonds. The standard InChI is InChI=1S/C21H31NO4/c1-3-16-10-12-18(13-11-16)26-14-6-9-20(23)22-15-17-7-4-5-8-19(17)21(24)25-2/h10-13,17,19H,3-9,14-15H2,1-2H3,(H,22,23). The fourth-order valence-electron chi connectivity index (χ4n) is 3.49. The molecule has 0 heterocycles. The summed E-state index contributed by atoms with van der Waals surface area (Å²) in [4.78, 5) is 23.9. The number of hydrogen-bond acceptors (Lipinski definition) is 4. The molecule has 5 heteroatoms. The van der Waals surface area contributed by atoms with Crippen molar-refractivity contribution in [1.82, 2.24) is 5.32 Å². The van der Waals surface area contributed by atoms with Crippen LogP contribution in [0.1, 0.15) is 51.0 Å². The molecule has 1 fully saturated rings. The lowest BCUT2D eigenvalue weighted by Crippen LogP contribution is -2.37. The first kappa shape index (κ1) is 20.3. The molecule has 1 N–H and O–H groups in total. The molecule has 1 aliphatic carbocycles. The highest BCUT2D eigenvalue weighted by Gasteiger charge is 2.31. The van der Waals surface area contributed by atoms with Crippen LogP contribution in [0.5, 0.6) is 5.75 Å². The maximum Gasteiger partial charge on any atom is 0.309 e. The number of ether oxygens (including phenoxy) is 2. The molecular formula is C21H31NO4. The Hall–Kier alpha value is -2.04. The normalized spacial score (nSPS) is 19.6. The molecule has 0 aliphatic heterocycles. The summed E-state index contributed by atoms with van der Waals surface area (Å²) in [5.41, 5.74) is 1.28. The molecule has 1 aliphatic rings. The van der Waals surface area contributed by atoms with Gasteiger partial charge in [0.25, 0.3) is 0 Å². The highest BCUT2D eigenvalue weighted by Crippen LogP contribution is 2.30. The zero-order valence-electron chi connectivity index (χ0n) is 16.0. The lowest BCUT2D eigenvalue weighted by molar-refractivity contribution is -0.148. The van der Waals surface area contributed by atoms with E-state index < -0.39 is 0 Å². The largest absolute Gasteiger partial charge is 0.494 e.